The number of nitrogens with one attached hydrogen (secondary N) is 4. The number of hydrogen-bond acceptors (Lipinski definition) is 9. The van der Waals surface area contributed by atoms with E-state index in [4.69, 9.17) is 15.9 Å². The number of aliphatic hydroxyl groups excluding tert-OH is 1. The molecule has 15 heteroatoms. The highest BCUT2D eigenvalue weighted by Crippen LogP contribution is 2.10. The highest BCUT2D eigenvalue weighted by atomic mass is 32.1. The summed E-state index contributed by atoms with van der Waals surface area (Å²) >= 11 is 4.12. The minimum absolute atomic E-state index is 0.0420. The molecule has 0 spiro atoms. The molecule has 1 rings (SSSR count). The van der Waals surface area contributed by atoms with Crippen molar-refractivity contribution in [3.8, 4) is 0 Å². The normalized spacial score (nSPS) is 15.2. The molecule has 14 nitrogen and oxygen atoms in total. The van der Waals surface area contributed by atoms with E-state index in [0.29, 0.717) is 12.0 Å². The zero-order chi connectivity index (χ0) is 31.1. The molecule has 0 fully saturated rings. The summed E-state index contributed by atoms with van der Waals surface area (Å²) < 4.78 is 0. The van der Waals surface area contributed by atoms with Crippen molar-refractivity contribution in [2.45, 2.75) is 69.7 Å². The Bertz CT molecular complexity index is 1060. The Kier molecular flexibility index (Phi) is 15.4. The van der Waals surface area contributed by atoms with Crippen LogP contribution in [0.1, 0.15) is 38.7 Å². The van der Waals surface area contributed by atoms with Crippen LogP contribution in [-0.4, -0.2) is 93.5 Å². The Hall–Kier alpha value is -3.69. The van der Waals surface area contributed by atoms with Gasteiger partial charge in [0.2, 0.25) is 23.6 Å². The number of amides is 4. The van der Waals surface area contributed by atoms with Gasteiger partial charge in [-0.25, -0.2) is 4.79 Å². The number of aliphatic carboxylic acids is 2. The number of carboxylic acids is 2. The van der Waals surface area contributed by atoms with Gasteiger partial charge in [-0.1, -0.05) is 50.6 Å². The van der Waals surface area contributed by atoms with Crippen molar-refractivity contribution in [2.24, 2.45) is 11.7 Å². The van der Waals surface area contributed by atoms with Crippen LogP contribution in [0, 0.1) is 5.92 Å². The smallest absolute Gasteiger partial charge is 0.326 e. The van der Waals surface area contributed by atoms with Gasteiger partial charge in [0.25, 0.3) is 0 Å². The molecule has 0 saturated heterocycles. The van der Waals surface area contributed by atoms with Gasteiger partial charge in [0, 0.05) is 18.6 Å². The summed E-state index contributed by atoms with van der Waals surface area (Å²) in [4.78, 5) is 74.3. The molecule has 4 amide bonds. The summed E-state index contributed by atoms with van der Waals surface area (Å²) in [6, 6.07) is 2.05. The van der Waals surface area contributed by atoms with Gasteiger partial charge in [-0.05, 0) is 17.9 Å². The summed E-state index contributed by atoms with van der Waals surface area (Å²) in [6.07, 6.45) is -0.396. The average molecular weight is 598 g/mol. The minimum atomic E-state index is -1.40. The first-order chi connectivity index (χ1) is 19.3. The number of rotatable bonds is 18. The molecule has 0 aromatic heterocycles. The molecule has 1 aromatic rings. The van der Waals surface area contributed by atoms with Crippen LogP contribution in [0.3, 0.4) is 0 Å². The fourth-order valence-corrected chi connectivity index (χ4v) is 3.89. The monoisotopic (exact) mass is 597 g/mol. The number of nitrogens with two attached hydrogens (primary N) is 1. The molecule has 6 atom stereocenters. The van der Waals surface area contributed by atoms with Crippen molar-refractivity contribution in [1.82, 2.24) is 21.3 Å². The third kappa shape index (κ3) is 12.2. The molecule has 0 heterocycles. The predicted molar refractivity (Wildman–Crippen MR) is 151 cm³/mol. The number of carboxylic acid groups (broad SMARTS) is 2. The van der Waals surface area contributed by atoms with E-state index in [-0.39, 0.29) is 18.6 Å². The SMILES string of the molecule is CC[C@H](C)[C@H](NC(=O)[C@H](CS)NC(=O)[C@H](Cc1ccccc1)NC(=O)[C@H](CCC(=O)O)NC(=O)[C@@H](N)CO)C(=O)O. The summed E-state index contributed by atoms with van der Waals surface area (Å²) in [7, 11) is 0. The molecule has 0 saturated carbocycles. The maximum atomic E-state index is 13.3. The molecule has 9 N–H and O–H groups in total. The zero-order valence-electron chi connectivity index (χ0n) is 22.9. The lowest BCUT2D eigenvalue weighted by Gasteiger charge is -2.26. The fourth-order valence-electron chi connectivity index (χ4n) is 3.63. The standard InChI is InChI=1S/C26H39N5O9S/c1-3-14(2)21(26(39)40)31-25(38)19(13-41)30-24(37)18(11-15-7-5-4-6-8-15)29-23(36)17(9-10-20(33)34)28-22(35)16(27)12-32/h4-8,14,16-19,21,32,41H,3,9-13,27H2,1-2H3,(H,28,35)(H,29,36)(H,30,37)(H,31,38)(H,33,34)(H,39,40)/t14-,16-,17-,18-,19-,21-/m0/s1. The number of hydrogen-bond donors (Lipinski definition) is 9. The molecule has 0 bridgehead atoms. The molecule has 0 aliphatic heterocycles. The van der Waals surface area contributed by atoms with Crippen LogP contribution in [-0.2, 0) is 35.2 Å². The minimum Gasteiger partial charge on any atom is -0.481 e. The maximum Gasteiger partial charge on any atom is 0.326 e. The molecule has 41 heavy (non-hydrogen) atoms. The van der Waals surface area contributed by atoms with Crippen molar-refractivity contribution in [3.63, 3.8) is 0 Å². The fraction of sp³-hybridized carbons (Fsp3) is 0.538. The second-order valence-electron chi connectivity index (χ2n) is 9.49. The van der Waals surface area contributed by atoms with Crippen LogP contribution >= 0.6 is 12.6 Å². The second kappa shape index (κ2) is 17.9. The van der Waals surface area contributed by atoms with Crippen LogP contribution in [0.5, 0.6) is 0 Å². The first kappa shape index (κ1) is 35.3. The van der Waals surface area contributed by atoms with Crippen LogP contribution in [0.15, 0.2) is 30.3 Å². The van der Waals surface area contributed by atoms with Gasteiger partial charge in [-0.2, -0.15) is 12.6 Å². The first-order valence-corrected chi connectivity index (χ1v) is 13.6. The van der Waals surface area contributed by atoms with Crippen molar-refractivity contribution < 1.29 is 44.1 Å². The largest absolute Gasteiger partial charge is 0.481 e. The lowest BCUT2D eigenvalue weighted by atomic mass is 9.99. The molecule has 1 aromatic carbocycles. The van der Waals surface area contributed by atoms with Gasteiger partial charge >= 0.3 is 11.9 Å². The van der Waals surface area contributed by atoms with Crippen LogP contribution in [0.25, 0.3) is 0 Å². The van der Waals surface area contributed by atoms with Crippen LogP contribution < -0.4 is 27.0 Å². The number of thiol groups is 1. The van der Waals surface area contributed by atoms with E-state index in [1.165, 1.54) is 0 Å². The number of benzene rings is 1. The second-order valence-corrected chi connectivity index (χ2v) is 9.85. The van der Waals surface area contributed by atoms with E-state index in [1.807, 2.05) is 0 Å². The highest BCUT2D eigenvalue weighted by Gasteiger charge is 2.32. The van der Waals surface area contributed by atoms with Crippen LogP contribution in [0.4, 0.5) is 0 Å². The Morgan fingerprint density at radius 2 is 1.39 bits per heavy atom. The van der Waals surface area contributed by atoms with Gasteiger partial charge in [0.1, 0.15) is 30.2 Å². The molecular formula is C26H39N5O9S. The van der Waals surface area contributed by atoms with Crippen molar-refractivity contribution in [1.29, 1.82) is 0 Å². The Labute approximate surface area is 243 Å². The van der Waals surface area contributed by atoms with Crippen molar-refractivity contribution in [3.05, 3.63) is 35.9 Å². The first-order valence-electron chi connectivity index (χ1n) is 13.0. The molecule has 0 radical (unpaired) electrons. The summed E-state index contributed by atoms with van der Waals surface area (Å²) in [6.45, 7) is 2.71. The van der Waals surface area contributed by atoms with Gasteiger partial charge in [0.05, 0.1) is 6.61 Å². The van der Waals surface area contributed by atoms with E-state index in [0.717, 1.165) is 0 Å². The van der Waals surface area contributed by atoms with Crippen molar-refractivity contribution in [2.75, 3.05) is 12.4 Å². The van der Waals surface area contributed by atoms with E-state index in [1.54, 1.807) is 44.2 Å². The molecule has 228 valence electrons. The Balaban J connectivity index is 3.19. The molecule has 0 aliphatic rings. The predicted octanol–water partition coefficient (Wildman–Crippen LogP) is -1.59. The van der Waals surface area contributed by atoms with E-state index >= 15 is 0 Å². The average Bonchev–Trinajstić information content (AvgIpc) is 2.95. The van der Waals surface area contributed by atoms with E-state index in [2.05, 4.69) is 33.9 Å². The van der Waals surface area contributed by atoms with E-state index in [9.17, 15) is 33.9 Å². The van der Waals surface area contributed by atoms with Gasteiger partial charge < -0.3 is 42.3 Å². The summed E-state index contributed by atoms with van der Waals surface area (Å²) in [5.41, 5.74) is 6.13. The molecule has 0 unspecified atom stereocenters. The van der Waals surface area contributed by atoms with E-state index < -0.39 is 84.7 Å². The Morgan fingerprint density at radius 3 is 1.90 bits per heavy atom. The molecular weight excluding hydrogens is 558 g/mol. The zero-order valence-corrected chi connectivity index (χ0v) is 23.8. The van der Waals surface area contributed by atoms with Gasteiger partial charge in [-0.15, -0.1) is 0 Å². The third-order valence-corrected chi connectivity index (χ3v) is 6.69. The van der Waals surface area contributed by atoms with Crippen LogP contribution in [0.2, 0.25) is 0 Å². The Morgan fingerprint density at radius 1 is 0.854 bits per heavy atom. The quantitative estimate of drug-likeness (QED) is 0.0880. The van der Waals surface area contributed by atoms with Gasteiger partial charge in [-0.3, -0.25) is 24.0 Å². The topological polar surface area (TPSA) is 237 Å². The maximum absolute atomic E-state index is 13.3. The third-order valence-electron chi connectivity index (χ3n) is 6.32. The summed E-state index contributed by atoms with van der Waals surface area (Å²) in [5, 5.41) is 37.4. The lowest BCUT2D eigenvalue weighted by Crippen LogP contribution is -2.59. The number of aliphatic hydroxyl groups is 1. The van der Waals surface area contributed by atoms with Crippen molar-refractivity contribution >= 4 is 48.2 Å². The number of carbonyl (C=O) groups is 6. The highest BCUT2D eigenvalue weighted by molar-refractivity contribution is 7.80. The van der Waals surface area contributed by atoms with Gasteiger partial charge in [0.15, 0.2) is 0 Å². The summed E-state index contributed by atoms with van der Waals surface area (Å²) in [5.74, 6) is -6.43. The lowest BCUT2D eigenvalue weighted by molar-refractivity contribution is -0.143. The molecule has 0 aliphatic carbocycles. The number of carbonyl (C=O) groups excluding carboxylic acids is 4.